The number of rotatable bonds is 3. The Morgan fingerprint density at radius 3 is 2.80 bits per heavy atom. The summed E-state index contributed by atoms with van der Waals surface area (Å²) in [5, 5.41) is 10.5. The van der Waals surface area contributed by atoms with E-state index in [-0.39, 0.29) is 11.7 Å². The molecule has 1 aliphatic rings. The zero-order chi connectivity index (χ0) is 14.5. The second kappa shape index (κ2) is 7.09. The van der Waals surface area contributed by atoms with Crippen molar-refractivity contribution < 1.29 is 9.90 Å². The third-order valence-electron chi connectivity index (χ3n) is 3.72. The molecular weight excluding hydrogens is 320 g/mol. The third-order valence-corrected chi connectivity index (χ3v) is 4.07. The molecule has 5 heteroatoms. The first-order valence-electron chi connectivity index (χ1n) is 6.99. The summed E-state index contributed by atoms with van der Waals surface area (Å²) in [7, 11) is 0. The van der Waals surface area contributed by atoms with Crippen LogP contribution in [0, 0.1) is 6.92 Å². The Bertz CT molecular complexity index is 479. The van der Waals surface area contributed by atoms with Crippen molar-refractivity contribution in [2.75, 3.05) is 38.1 Å². The van der Waals surface area contributed by atoms with E-state index < -0.39 is 0 Å². The fourth-order valence-electron chi connectivity index (χ4n) is 2.49. The molecule has 0 radical (unpaired) electrons. The number of aryl methyl sites for hydroxylation is 1. The summed E-state index contributed by atoms with van der Waals surface area (Å²) in [4.78, 5) is 16.8. The van der Waals surface area contributed by atoms with Gasteiger partial charge in [0, 0.05) is 37.1 Å². The van der Waals surface area contributed by atoms with E-state index in [0.717, 1.165) is 50.0 Å². The standard InChI is InChI=1S/C15H21BrN2O2/c1-12-11-13(3-4-14(12)19)15(20)18-7-2-6-17(8-5-16)9-10-18/h3-4,11,19H,2,5-10H2,1H3. The van der Waals surface area contributed by atoms with Crippen molar-refractivity contribution in [1.29, 1.82) is 0 Å². The summed E-state index contributed by atoms with van der Waals surface area (Å²) >= 11 is 3.46. The van der Waals surface area contributed by atoms with Crippen LogP contribution in [0.1, 0.15) is 22.3 Å². The summed E-state index contributed by atoms with van der Waals surface area (Å²) in [6.07, 6.45) is 1.01. The molecule has 1 aromatic carbocycles. The fraction of sp³-hybridized carbons (Fsp3) is 0.533. The van der Waals surface area contributed by atoms with Crippen LogP contribution in [0.3, 0.4) is 0 Å². The van der Waals surface area contributed by atoms with Crippen LogP contribution in [0.25, 0.3) is 0 Å². The van der Waals surface area contributed by atoms with Crippen molar-refractivity contribution in [2.45, 2.75) is 13.3 Å². The number of aromatic hydroxyl groups is 1. The highest BCUT2D eigenvalue weighted by Crippen LogP contribution is 2.18. The number of alkyl halides is 1. The molecule has 1 aromatic rings. The zero-order valence-electron chi connectivity index (χ0n) is 11.8. The average molecular weight is 341 g/mol. The summed E-state index contributed by atoms with van der Waals surface area (Å²) in [6.45, 7) is 6.38. The molecule has 0 aromatic heterocycles. The number of carbonyl (C=O) groups is 1. The Kier molecular flexibility index (Phi) is 5.43. The van der Waals surface area contributed by atoms with Crippen LogP contribution in [0.15, 0.2) is 18.2 Å². The van der Waals surface area contributed by atoms with Gasteiger partial charge in [-0.1, -0.05) is 15.9 Å². The number of nitrogens with zero attached hydrogens (tertiary/aromatic N) is 2. The molecule has 1 N–H and O–H groups in total. The van der Waals surface area contributed by atoms with Gasteiger partial charge >= 0.3 is 0 Å². The minimum atomic E-state index is 0.0637. The van der Waals surface area contributed by atoms with Gasteiger partial charge in [0.1, 0.15) is 5.75 Å². The smallest absolute Gasteiger partial charge is 0.253 e. The van der Waals surface area contributed by atoms with Crippen LogP contribution in [0.5, 0.6) is 5.75 Å². The SMILES string of the molecule is Cc1cc(C(=O)N2CCCN(CCBr)CC2)ccc1O. The molecule has 0 atom stereocenters. The van der Waals surface area contributed by atoms with Crippen molar-refractivity contribution in [3.05, 3.63) is 29.3 Å². The van der Waals surface area contributed by atoms with Gasteiger partial charge in [0.05, 0.1) is 0 Å². The Labute approximate surface area is 128 Å². The van der Waals surface area contributed by atoms with Crippen LogP contribution >= 0.6 is 15.9 Å². The van der Waals surface area contributed by atoms with E-state index in [2.05, 4.69) is 20.8 Å². The molecule has 1 amide bonds. The molecule has 1 saturated heterocycles. The maximum absolute atomic E-state index is 12.5. The van der Waals surface area contributed by atoms with Crippen molar-refractivity contribution in [2.24, 2.45) is 0 Å². The lowest BCUT2D eigenvalue weighted by atomic mass is 10.1. The number of phenols is 1. The van der Waals surface area contributed by atoms with E-state index in [1.54, 1.807) is 18.2 Å². The van der Waals surface area contributed by atoms with E-state index in [4.69, 9.17) is 0 Å². The van der Waals surface area contributed by atoms with Gasteiger partial charge in [-0.3, -0.25) is 4.79 Å². The summed E-state index contributed by atoms with van der Waals surface area (Å²) in [5.41, 5.74) is 1.40. The molecule has 1 heterocycles. The highest BCUT2D eigenvalue weighted by molar-refractivity contribution is 9.09. The largest absolute Gasteiger partial charge is 0.508 e. The van der Waals surface area contributed by atoms with Crippen LogP contribution < -0.4 is 0 Å². The number of phenolic OH excluding ortho intramolecular Hbond substituents is 1. The fourth-order valence-corrected chi connectivity index (χ4v) is 2.99. The van der Waals surface area contributed by atoms with Crippen molar-refractivity contribution in [3.63, 3.8) is 0 Å². The second-order valence-electron chi connectivity index (χ2n) is 5.18. The first kappa shape index (κ1) is 15.3. The number of hydrogen-bond donors (Lipinski definition) is 1. The van der Waals surface area contributed by atoms with Crippen LogP contribution in [-0.2, 0) is 0 Å². The molecule has 110 valence electrons. The molecule has 0 spiro atoms. The lowest BCUT2D eigenvalue weighted by molar-refractivity contribution is 0.0761. The quantitative estimate of drug-likeness (QED) is 0.858. The van der Waals surface area contributed by atoms with E-state index >= 15 is 0 Å². The second-order valence-corrected chi connectivity index (χ2v) is 5.97. The Balaban J connectivity index is 2.03. The Morgan fingerprint density at radius 2 is 2.10 bits per heavy atom. The maximum Gasteiger partial charge on any atom is 0.253 e. The normalized spacial score (nSPS) is 17.0. The van der Waals surface area contributed by atoms with Crippen molar-refractivity contribution in [1.82, 2.24) is 9.80 Å². The van der Waals surface area contributed by atoms with Gasteiger partial charge in [-0.25, -0.2) is 0 Å². The number of benzene rings is 1. The summed E-state index contributed by atoms with van der Waals surface area (Å²) in [5.74, 6) is 0.301. The van der Waals surface area contributed by atoms with Gasteiger partial charge in [0.25, 0.3) is 5.91 Å². The molecule has 20 heavy (non-hydrogen) atoms. The average Bonchev–Trinajstić information content (AvgIpc) is 2.67. The molecule has 0 unspecified atom stereocenters. The van der Waals surface area contributed by atoms with Crippen LogP contribution in [-0.4, -0.2) is 58.9 Å². The van der Waals surface area contributed by atoms with E-state index in [9.17, 15) is 9.90 Å². The Hall–Kier alpha value is -1.07. The van der Waals surface area contributed by atoms with Crippen molar-refractivity contribution >= 4 is 21.8 Å². The monoisotopic (exact) mass is 340 g/mol. The summed E-state index contributed by atoms with van der Waals surface area (Å²) in [6, 6.07) is 5.06. The van der Waals surface area contributed by atoms with Crippen molar-refractivity contribution in [3.8, 4) is 5.75 Å². The van der Waals surface area contributed by atoms with E-state index in [1.807, 2.05) is 11.8 Å². The highest BCUT2D eigenvalue weighted by Gasteiger charge is 2.20. The predicted octanol–water partition coefficient (Wildman–Crippen LogP) is 2.24. The highest BCUT2D eigenvalue weighted by atomic mass is 79.9. The number of carbonyl (C=O) groups excluding carboxylic acids is 1. The Morgan fingerprint density at radius 1 is 1.30 bits per heavy atom. The van der Waals surface area contributed by atoms with Gasteiger partial charge in [-0.2, -0.15) is 0 Å². The van der Waals surface area contributed by atoms with Gasteiger partial charge in [0.15, 0.2) is 0 Å². The molecule has 0 bridgehead atoms. The first-order valence-corrected chi connectivity index (χ1v) is 8.11. The molecule has 0 aliphatic carbocycles. The minimum Gasteiger partial charge on any atom is -0.508 e. The zero-order valence-corrected chi connectivity index (χ0v) is 13.4. The van der Waals surface area contributed by atoms with Gasteiger partial charge in [0.2, 0.25) is 0 Å². The topological polar surface area (TPSA) is 43.8 Å². The van der Waals surface area contributed by atoms with E-state index in [1.165, 1.54) is 0 Å². The number of halogens is 1. The molecular formula is C15H21BrN2O2. The third kappa shape index (κ3) is 3.73. The predicted molar refractivity (Wildman–Crippen MR) is 83.6 cm³/mol. The summed E-state index contributed by atoms with van der Waals surface area (Å²) < 4.78 is 0. The molecule has 4 nitrogen and oxygen atoms in total. The van der Waals surface area contributed by atoms with Gasteiger partial charge < -0.3 is 14.9 Å². The molecule has 0 saturated carbocycles. The maximum atomic E-state index is 12.5. The molecule has 2 rings (SSSR count). The molecule has 1 fully saturated rings. The minimum absolute atomic E-state index is 0.0637. The van der Waals surface area contributed by atoms with E-state index in [0.29, 0.717) is 5.56 Å². The lowest BCUT2D eigenvalue weighted by Gasteiger charge is -2.21. The van der Waals surface area contributed by atoms with Crippen LogP contribution in [0.2, 0.25) is 0 Å². The molecule has 1 aliphatic heterocycles. The van der Waals surface area contributed by atoms with Crippen LogP contribution in [0.4, 0.5) is 0 Å². The lowest BCUT2D eigenvalue weighted by Crippen LogP contribution is -2.35. The number of hydrogen-bond acceptors (Lipinski definition) is 3. The van der Waals surface area contributed by atoms with Gasteiger partial charge in [-0.15, -0.1) is 0 Å². The first-order chi connectivity index (χ1) is 9.61. The van der Waals surface area contributed by atoms with Gasteiger partial charge in [-0.05, 0) is 43.7 Å². The number of amides is 1.